The van der Waals surface area contributed by atoms with Crippen LogP contribution in [0.15, 0.2) is 24.3 Å². The highest BCUT2D eigenvalue weighted by Crippen LogP contribution is 2.30. The van der Waals surface area contributed by atoms with Crippen LogP contribution in [0, 0.1) is 0 Å². The quantitative estimate of drug-likeness (QED) is 0.756. The average Bonchev–Trinajstić information content (AvgIpc) is 3.17. The second kappa shape index (κ2) is 9.09. The summed E-state index contributed by atoms with van der Waals surface area (Å²) in [5.74, 6) is 2.05. The van der Waals surface area contributed by atoms with E-state index in [1.54, 1.807) is 4.90 Å². The molecule has 3 aliphatic rings. The molecule has 2 aromatic rings. The molecule has 0 saturated carbocycles. The van der Waals surface area contributed by atoms with Gasteiger partial charge in [0.05, 0.1) is 5.69 Å². The first-order valence-corrected chi connectivity index (χ1v) is 11.9. The molecule has 3 aliphatic heterocycles. The zero-order valence-corrected chi connectivity index (χ0v) is 19.5. The van der Waals surface area contributed by atoms with Gasteiger partial charge in [-0.25, -0.2) is 9.97 Å². The minimum absolute atomic E-state index is 0.0302. The number of nitrogens with one attached hydrogen (secondary N) is 1. The molecular formula is C25H32N6O2. The lowest BCUT2D eigenvalue weighted by Crippen LogP contribution is -2.41. The van der Waals surface area contributed by atoms with Gasteiger partial charge in [-0.2, -0.15) is 0 Å². The first kappa shape index (κ1) is 21.8. The summed E-state index contributed by atoms with van der Waals surface area (Å²) in [4.78, 5) is 41.4. The number of carbonyl (C=O) groups is 2. The number of hydrogen-bond donors (Lipinski definition) is 1. The molecule has 1 aromatic heterocycles. The Hall–Kier alpha value is -3.00. The van der Waals surface area contributed by atoms with Gasteiger partial charge in [0.15, 0.2) is 0 Å². The SMILES string of the molecule is CNc1nc([C@H]2CCCN(C(=O)CCN3Cc4ccccc4C3=O)C2)nc2c1CN(C)CC2. The third kappa shape index (κ3) is 4.31. The van der Waals surface area contributed by atoms with Gasteiger partial charge >= 0.3 is 0 Å². The first-order chi connectivity index (χ1) is 16.0. The predicted octanol–water partition coefficient (Wildman–Crippen LogP) is 2.26. The number of piperidine rings is 1. The highest BCUT2D eigenvalue weighted by Gasteiger charge is 2.31. The number of aromatic nitrogens is 2. The standard InChI is InChI=1S/C25H32N6O2/c1-26-24-20-16-29(2)12-9-21(20)27-23(28-24)18-7-5-11-30(15-18)22(32)10-13-31-14-17-6-3-4-8-19(17)25(31)33/h3-4,6,8,18H,5,7,9-16H2,1-2H3,(H,26,27,28)/t18-/m0/s1. The van der Waals surface area contributed by atoms with Crippen LogP contribution in [0.1, 0.15) is 58.2 Å². The van der Waals surface area contributed by atoms with Crippen LogP contribution in [0.2, 0.25) is 0 Å². The Morgan fingerprint density at radius 3 is 2.85 bits per heavy atom. The van der Waals surface area contributed by atoms with Crippen LogP contribution in [0.3, 0.4) is 0 Å². The van der Waals surface area contributed by atoms with Gasteiger partial charge in [0.25, 0.3) is 5.91 Å². The number of fused-ring (bicyclic) bond motifs is 2. The Morgan fingerprint density at radius 1 is 1.18 bits per heavy atom. The number of amides is 2. The van der Waals surface area contributed by atoms with Crippen LogP contribution in [0.5, 0.6) is 0 Å². The van der Waals surface area contributed by atoms with E-state index in [2.05, 4.69) is 17.3 Å². The Bertz CT molecular complexity index is 1050. The van der Waals surface area contributed by atoms with E-state index in [9.17, 15) is 9.59 Å². The van der Waals surface area contributed by atoms with Gasteiger partial charge in [0.1, 0.15) is 11.6 Å². The van der Waals surface area contributed by atoms with Gasteiger partial charge in [0.2, 0.25) is 5.91 Å². The number of anilines is 1. The molecule has 0 radical (unpaired) electrons. The molecule has 1 atom stereocenters. The molecular weight excluding hydrogens is 416 g/mol. The van der Waals surface area contributed by atoms with Crippen LogP contribution in [-0.2, 0) is 24.3 Å². The third-order valence-corrected chi connectivity index (χ3v) is 7.14. The summed E-state index contributed by atoms with van der Waals surface area (Å²) in [6, 6.07) is 7.69. The minimum Gasteiger partial charge on any atom is -0.373 e. The van der Waals surface area contributed by atoms with Crippen molar-refractivity contribution in [3.8, 4) is 0 Å². The molecule has 0 aliphatic carbocycles. The zero-order chi connectivity index (χ0) is 22.9. The predicted molar refractivity (Wildman–Crippen MR) is 126 cm³/mol. The summed E-state index contributed by atoms with van der Waals surface area (Å²) < 4.78 is 0. The lowest BCUT2D eigenvalue weighted by molar-refractivity contribution is -0.132. The molecule has 0 spiro atoms. The van der Waals surface area contributed by atoms with Crippen molar-refractivity contribution in [3.05, 3.63) is 52.5 Å². The topological polar surface area (TPSA) is 81.7 Å². The smallest absolute Gasteiger partial charge is 0.254 e. The molecule has 1 fully saturated rings. The maximum Gasteiger partial charge on any atom is 0.254 e. The van der Waals surface area contributed by atoms with Crippen molar-refractivity contribution in [2.75, 3.05) is 45.6 Å². The van der Waals surface area contributed by atoms with Crippen molar-refractivity contribution < 1.29 is 9.59 Å². The van der Waals surface area contributed by atoms with Gasteiger partial charge in [-0.15, -0.1) is 0 Å². The van der Waals surface area contributed by atoms with Crippen molar-refractivity contribution in [3.63, 3.8) is 0 Å². The number of likely N-dealkylation sites (N-methyl/N-ethyl adjacent to an activating group) is 1. The molecule has 5 rings (SSSR count). The van der Waals surface area contributed by atoms with Crippen LogP contribution in [0.4, 0.5) is 5.82 Å². The van der Waals surface area contributed by atoms with E-state index in [4.69, 9.17) is 9.97 Å². The van der Waals surface area contributed by atoms with Gasteiger partial charge in [-0.3, -0.25) is 9.59 Å². The summed E-state index contributed by atoms with van der Waals surface area (Å²) in [5, 5.41) is 3.26. The maximum absolute atomic E-state index is 13.0. The molecule has 1 aromatic carbocycles. The molecule has 4 heterocycles. The van der Waals surface area contributed by atoms with Crippen molar-refractivity contribution in [2.45, 2.75) is 44.7 Å². The lowest BCUT2D eigenvalue weighted by atomic mass is 9.96. The highest BCUT2D eigenvalue weighted by molar-refractivity contribution is 5.98. The first-order valence-electron chi connectivity index (χ1n) is 11.9. The Kier molecular flexibility index (Phi) is 6.01. The largest absolute Gasteiger partial charge is 0.373 e. The van der Waals surface area contributed by atoms with E-state index in [0.29, 0.717) is 26.1 Å². The van der Waals surface area contributed by atoms with E-state index >= 15 is 0 Å². The van der Waals surface area contributed by atoms with E-state index < -0.39 is 0 Å². The second-order valence-corrected chi connectivity index (χ2v) is 9.41. The van der Waals surface area contributed by atoms with Crippen LogP contribution in [-0.4, -0.2) is 76.8 Å². The third-order valence-electron chi connectivity index (χ3n) is 7.14. The molecule has 8 nitrogen and oxygen atoms in total. The fraction of sp³-hybridized carbons (Fsp3) is 0.520. The molecule has 1 N–H and O–H groups in total. The fourth-order valence-corrected chi connectivity index (χ4v) is 5.26. The minimum atomic E-state index is 0.0302. The van der Waals surface area contributed by atoms with Crippen LogP contribution in [0.25, 0.3) is 0 Å². The summed E-state index contributed by atoms with van der Waals surface area (Å²) >= 11 is 0. The monoisotopic (exact) mass is 448 g/mol. The molecule has 33 heavy (non-hydrogen) atoms. The summed E-state index contributed by atoms with van der Waals surface area (Å²) in [7, 11) is 4.03. The van der Waals surface area contributed by atoms with Crippen molar-refractivity contribution in [1.82, 2.24) is 24.7 Å². The van der Waals surface area contributed by atoms with Gasteiger partial charge < -0.3 is 20.0 Å². The molecule has 174 valence electrons. The molecule has 8 heteroatoms. The van der Waals surface area contributed by atoms with E-state index in [1.807, 2.05) is 36.2 Å². The van der Waals surface area contributed by atoms with E-state index in [-0.39, 0.29) is 17.7 Å². The Labute approximate surface area is 195 Å². The number of likely N-dealkylation sites (tertiary alicyclic amines) is 1. The molecule has 0 unspecified atom stereocenters. The molecule has 2 amide bonds. The Balaban J connectivity index is 1.23. The molecule has 0 bridgehead atoms. The normalized spacial score (nSPS) is 20.5. The van der Waals surface area contributed by atoms with Gasteiger partial charge in [-0.1, -0.05) is 18.2 Å². The number of rotatable bonds is 5. The number of hydrogen-bond acceptors (Lipinski definition) is 6. The van der Waals surface area contributed by atoms with Gasteiger partial charge in [0, 0.05) is 76.2 Å². The molecule has 1 saturated heterocycles. The summed E-state index contributed by atoms with van der Waals surface area (Å²) in [6.45, 7) is 4.32. The Morgan fingerprint density at radius 2 is 2.03 bits per heavy atom. The lowest BCUT2D eigenvalue weighted by Gasteiger charge is -2.33. The fourth-order valence-electron chi connectivity index (χ4n) is 5.26. The number of benzene rings is 1. The summed E-state index contributed by atoms with van der Waals surface area (Å²) in [5.41, 5.74) is 4.14. The van der Waals surface area contributed by atoms with Crippen molar-refractivity contribution >= 4 is 17.6 Å². The number of nitrogens with zero attached hydrogens (tertiary/aromatic N) is 5. The average molecular weight is 449 g/mol. The van der Waals surface area contributed by atoms with E-state index in [0.717, 1.165) is 67.4 Å². The maximum atomic E-state index is 13.0. The van der Waals surface area contributed by atoms with Crippen LogP contribution >= 0.6 is 0 Å². The van der Waals surface area contributed by atoms with E-state index in [1.165, 1.54) is 5.56 Å². The second-order valence-electron chi connectivity index (χ2n) is 9.41. The van der Waals surface area contributed by atoms with Crippen molar-refractivity contribution in [2.24, 2.45) is 0 Å². The van der Waals surface area contributed by atoms with Crippen LogP contribution < -0.4 is 5.32 Å². The number of carbonyl (C=O) groups excluding carboxylic acids is 2. The van der Waals surface area contributed by atoms with Gasteiger partial charge in [-0.05, 0) is 31.5 Å². The highest BCUT2D eigenvalue weighted by atomic mass is 16.2. The van der Waals surface area contributed by atoms with Crippen molar-refractivity contribution in [1.29, 1.82) is 0 Å². The summed E-state index contributed by atoms with van der Waals surface area (Å²) in [6.07, 6.45) is 3.22. The zero-order valence-electron chi connectivity index (χ0n) is 19.5.